The number of nitrogens with zero attached hydrogens (tertiary/aromatic N) is 3. The quantitative estimate of drug-likeness (QED) is 0.704. The van der Waals surface area contributed by atoms with Crippen molar-refractivity contribution in [2.75, 3.05) is 26.2 Å². The van der Waals surface area contributed by atoms with Crippen LogP contribution >= 0.6 is 0 Å². The summed E-state index contributed by atoms with van der Waals surface area (Å²) < 4.78 is 6.27. The van der Waals surface area contributed by atoms with Crippen molar-refractivity contribution >= 4 is 17.7 Å². The highest BCUT2D eigenvalue weighted by molar-refractivity contribution is 5.91. The van der Waals surface area contributed by atoms with Crippen molar-refractivity contribution in [2.45, 2.75) is 76.7 Å². The number of rotatable bonds is 5. The minimum atomic E-state index is -0.462. The van der Waals surface area contributed by atoms with Gasteiger partial charge in [-0.3, -0.25) is 14.4 Å². The van der Waals surface area contributed by atoms with E-state index in [-0.39, 0.29) is 36.4 Å². The predicted molar refractivity (Wildman–Crippen MR) is 121 cm³/mol. The molecule has 0 spiro atoms. The van der Waals surface area contributed by atoms with Crippen LogP contribution in [0.5, 0.6) is 0 Å². The average molecular weight is 442 g/mol. The summed E-state index contributed by atoms with van der Waals surface area (Å²) in [4.78, 5) is 44.0. The fourth-order valence-electron chi connectivity index (χ4n) is 5.36. The number of amides is 3. The summed E-state index contributed by atoms with van der Waals surface area (Å²) in [6, 6.07) is 9.75. The van der Waals surface area contributed by atoms with Crippen LogP contribution in [0.15, 0.2) is 30.3 Å². The van der Waals surface area contributed by atoms with Crippen LogP contribution in [0, 0.1) is 0 Å². The minimum Gasteiger partial charge on any atom is -0.370 e. The van der Waals surface area contributed by atoms with Gasteiger partial charge in [0.25, 0.3) is 0 Å². The molecule has 2 aliphatic heterocycles. The van der Waals surface area contributed by atoms with Gasteiger partial charge in [-0.15, -0.1) is 0 Å². The van der Waals surface area contributed by atoms with Gasteiger partial charge in [0, 0.05) is 32.6 Å². The van der Waals surface area contributed by atoms with E-state index in [1.807, 2.05) is 35.2 Å². The largest absolute Gasteiger partial charge is 0.370 e. The number of benzene rings is 1. The first-order valence-electron chi connectivity index (χ1n) is 12.0. The maximum absolute atomic E-state index is 13.4. The topological polar surface area (TPSA) is 70.2 Å². The van der Waals surface area contributed by atoms with Crippen LogP contribution in [-0.2, 0) is 25.7 Å². The Labute approximate surface area is 190 Å². The van der Waals surface area contributed by atoms with Gasteiger partial charge in [-0.05, 0) is 31.2 Å². The van der Waals surface area contributed by atoms with Gasteiger partial charge >= 0.3 is 0 Å². The standard InChI is InChI=1S/C25H35N3O4/c1-19(29)27-14-8-13-23(27)25(31)26-15-22(32-18-20-9-4-2-5-10-20)16-28(24(30)17-26)21-11-6-3-7-12-21/h2,4-5,9-10,21-23H,3,6-8,11-18H2,1H3/t22?,23-/m0/s1. The second kappa shape index (κ2) is 10.5. The van der Waals surface area contributed by atoms with Gasteiger partial charge in [-0.1, -0.05) is 49.6 Å². The molecule has 1 aromatic rings. The molecule has 0 radical (unpaired) electrons. The van der Waals surface area contributed by atoms with Crippen molar-refractivity contribution < 1.29 is 19.1 Å². The molecule has 3 aliphatic rings. The van der Waals surface area contributed by atoms with E-state index < -0.39 is 6.04 Å². The van der Waals surface area contributed by atoms with E-state index in [2.05, 4.69) is 0 Å². The van der Waals surface area contributed by atoms with Gasteiger partial charge in [0.05, 0.1) is 19.3 Å². The van der Waals surface area contributed by atoms with Gasteiger partial charge in [-0.2, -0.15) is 0 Å². The maximum Gasteiger partial charge on any atom is 0.245 e. The molecule has 2 atom stereocenters. The Kier molecular flexibility index (Phi) is 7.45. The third-order valence-electron chi connectivity index (χ3n) is 7.07. The zero-order valence-corrected chi connectivity index (χ0v) is 19.1. The zero-order valence-electron chi connectivity index (χ0n) is 19.1. The molecule has 3 amide bonds. The van der Waals surface area contributed by atoms with E-state index in [4.69, 9.17) is 4.74 Å². The molecule has 3 fully saturated rings. The molecular weight excluding hydrogens is 406 g/mol. The summed E-state index contributed by atoms with van der Waals surface area (Å²) in [5, 5.41) is 0. The third kappa shape index (κ3) is 5.31. The summed E-state index contributed by atoms with van der Waals surface area (Å²) in [6.07, 6.45) is 6.77. The van der Waals surface area contributed by atoms with E-state index >= 15 is 0 Å². The Morgan fingerprint density at radius 3 is 2.47 bits per heavy atom. The van der Waals surface area contributed by atoms with Crippen LogP contribution in [0.25, 0.3) is 0 Å². The van der Waals surface area contributed by atoms with E-state index in [0.29, 0.717) is 32.7 Å². The molecule has 0 N–H and O–H groups in total. The highest BCUT2D eigenvalue weighted by Crippen LogP contribution is 2.26. The lowest BCUT2D eigenvalue weighted by molar-refractivity contribution is -0.146. The normalized spacial score (nSPS) is 25.2. The highest BCUT2D eigenvalue weighted by Gasteiger charge is 2.40. The fraction of sp³-hybridized carbons (Fsp3) is 0.640. The van der Waals surface area contributed by atoms with Gasteiger partial charge in [0.15, 0.2) is 0 Å². The Balaban J connectivity index is 1.51. The molecule has 4 rings (SSSR count). The van der Waals surface area contributed by atoms with Crippen molar-refractivity contribution in [2.24, 2.45) is 0 Å². The first-order valence-corrected chi connectivity index (χ1v) is 12.0. The van der Waals surface area contributed by atoms with Gasteiger partial charge in [0.1, 0.15) is 6.04 Å². The Bertz CT molecular complexity index is 809. The predicted octanol–water partition coefficient (Wildman–Crippen LogP) is 2.59. The summed E-state index contributed by atoms with van der Waals surface area (Å²) in [6.45, 7) is 3.53. The van der Waals surface area contributed by atoms with Crippen LogP contribution in [0.3, 0.4) is 0 Å². The molecule has 174 valence electrons. The lowest BCUT2D eigenvalue weighted by atomic mass is 9.94. The van der Waals surface area contributed by atoms with E-state index in [9.17, 15) is 14.4 Å². The van der Waals surface area contributed by atoms with Crippen molar-refractivity contribution in [1.82, 2.24) is 14.7 Å². The van der Waals surface area contributed by atoms with Crippen LogP contribution < -0.4 is 0 Å². The van der Waals surface area contributed by atoms with Crippen molar-refractivity contribution in [1.29, 1.82) is 0 Å². The molecule has 0 bridgehead atoms. The average Bonchev–Trinajstić information content (AvgIpc) is 3.24. The number of carbonyl (C=O) groups is 3. The first-order chi connectivity index (χ1) is 15.5. The molecule has 1 saturated carbocycles. The van der Waals surface area contributed by atoms with Gasteiger partial charge in [0.2, 0.25) is 17.7 Å². The van der Waals surface area contributed by atoms with Crippen LogP contribution in [0.2, 0.25) is 0 Å². The van der Waals surface area contributed by atoms with E-state index in [1.54, 1.807) is 9.80 Å². The Morgan fingerprint density at radius 1 is 1.00 bits per heavy atom. The smallest absolute Gasteiger partial charge is 0.245 e. The van der Waals surface area contributed by atoms with Gasteiger partial charge < -0.3 is 19.4 Å². The molecular formula is C25H35N3O4. The second-order valence-electron chi connectivity index (χ2n) is 9.35. The molecule has 7 heteroatoms. The van der Waals surface area contributed by atoms with Crippen LogP contribution in [0.4, 0.5) is 0 Å². The van der Waals surface area contributed by atoms with Crippen molar-refractivity contribution in [3.05, 3.63) is 35.9 Å². The molecule has 7 nitrogen and oxygen atoms in total. The minimum absolute atomic E-state index is 0.00318. The Morgan fingerprint density at radius 2 is 1.75 bits per heavy atom. The van der Waals surface area contributed by atoms with Crippen LogP contribution in [0.1, 0.15) is 57.4 Å². The lowest BCUT2D eigenvalue weighted by Gasteiger charge is -2.34. The highest BCUT2D eigenvalue weighted by atomic mass is 16.5. The number of ether oxygens (including phenoxy) is 1. The summed E-state index contributed by atoms with van der Waals surface area (Å²) >= 11 is 0. The molecule has 2 saturated heterocycles. The number of likely N-dealkylation sites (tertiary alicyclic amines) is 1. The van der Waals surface area contributed by atoms with E-state index in [1.165, 1.54) is 13.3 Å². The summed E-state index contributed by atoms with van der Waals surface area (Å²) in [5.74, 6) is -0.198. The maximum atomic E-state index is 13.4. The lowest BCUT2D eigenvalue weighted by Crippen LogP contribution is -2.50. The molecule has 1 aromatic carbocycles. The third-order valence-corrected chi connectivity index (χ3v) is 7.07. The summed E-state index contributed by atoms with van der Waals surface area (Å²) in [7, 11) is 0. The molecule has 1 unspecified atom stereocenters. The molecule has 32 heavy (non-hydrogen) atoms. The molecule has 0 aromatic heterocycles. The molecule has 1 aliphatic carbocycles. The first kappa shape index (κ1) is 22.8. The Hall–Kier alpha value is -2.41. The monoisotopic (exact) mass is 441 g/mol. The van der Waals surface area contributed by atoms with E-state index in [0.717, 1.165) is 37.7 Å². The number of hydrogen-bond donors (Lipinski definition) is 0. The van der Waals surface area contributed by atoms with Crippen LogP contribution in [-0.4, -0.2) is 76.8 Å². The van der Waals surface area contributed by atoms with Crippen molar-refractivity contribution in [3.8, 4) is 0 Å². The SMILES string of the molecule is CC(=O)N1CCC[C@H]1C(=O)N1CC(=O)N(C2CCCCC2)CC(OCc2ccccc2)C1. The van der Waals surface area contributed by atoms with Crippen molar-refractivity contribution in [3.63, 3.8) is 0 Å². The number of carbonyl (C=O) groups excluding carboxylic acids is 3. The summed E-state index contributed by atoms with van der Waals surface area (Å²) in [5.41, 5.74) is 1.07. The zero-order chi connectivity index (χ0) is 22.5. The number of hydrogen-bond acceptors (Lipinski definition) is 4. The van der Waals surface area contributed by atoms with Gasteiger partial charge in [-0.25, -0.2) is 0 Å². The molecule has 2 heterocycles. The second-order valence-corrected chi connectivity index (χ2v) is 9.35. The fourth-order valence-corrected chi connectivity index (χ4v) is 5.36.